The Bertz CT molecular complexity index is 647. The molecular formula is C14H15N3O3. The van der Waals surface area contributed by atoms with Gasteiger partial charge in [0.25, 0.3) is 0 Å². The molecule has 104 valence electrons. The first-order chi connectivity index (χ1) is 9.54. The number of benzene rings is 1. The molecule has 1 N–H and O–H groups in total. The molecule has 6 nitrogen and oxygen atoms in total. The summed E-state index contributed by atoms with van der Waals surface area (Å²) >= 11 is 0. The summed E-state index contributed by atoms with van der Waals surface area (Å²) in [6.45, 7) is 1.76. The second-order valence-corrected chi connectivity index (χ2v) is 4.17. The predicted octanol–water partition coefficient (Wildman–Crippen LogP) is 2.06. The summed E-state index contributed by atoms with van der Waals surface area (Å²) in [6.07, 6.45) is 0. The third-order valence-electron chi connectivity index (χ3n) is 2.76. The van der Waals surface area contributed by atoms with Crippen LogP contribution in [0.1, 0.15) is 11.4 Å². The fourth-order valence-corrected chi connectivity index (χ4v) is 1.84. The van der Waals surface area contributed by atoms with Crippen LogP contribution < -0.4 is 4.74 Å². The van der Waals surface area contributed by atoms with Gasteiger partial charge in [-0.2, -0.15) is 5.10 Å². The summed E-state index contributed by atoms with van der Waals surface area (Å²) in [4.78, 5) is 11.5. The molecule has 0 radical (unpaired) electrons. The molecule has 0 aliphatic rings. The van der Waals surface area contributed by atoms with Crippen LogP contribution in [0.5, 0.6) is 11.5 Å². The fraction of sp³-hybridized carbons (Fsp3) is 0.214. The smallest absolute Gasteiger partial charge is 0.358 e. The fourth-order valence-electron chi connectivity index (χ4n) is 1.84. The van der Waals surface area contributed by atoms with Crippen molar-refractivity contribution in [2.45, 2.75) is 6.92 Å². The number of esters is 1. The van der Waals surface area contributed by atoms with Crippen molar-refractivity contribution < 1.29 is 14.3 Å². The van der Waals surface area contributed by atoms with Crippen molar-refractivity contribution in [3.05, 3.63) is 41.7 Å². The maximum atomic E-state index is 11.5. The predicted molar refractivity (Wildman–Crippen MR) is 73.3 cm³/mol. The van der Waals surface area contributed by atoms with Crippen molar-refractivity contribution in [2.75, 3.05) is 7.11 Å². The van der Waals surface area contributed by atoms with E-state index in [1.807, 2.05) is 18.2 Å². The Kier molecular flexibility index (Phi) is 3.84. The van der Waals surface area contributed by atoms with Gasteiger partial charge < -0.3 is 9.47 Å². The Morgan fingerprint density at radius 1 is 1.30 bits per heavy atom. The summed E-state index contributed by atoms with van der Waals surface area (Å²) in [5, 5.41) is 12.1. The molecule has 0 aliphatic carbocycles. The largest absolute Gasteiger partial charge is 0.464 e. The van der Waals surface area contributed by atoms with Crippen LogP contribution in [0.15, 0.2) is 30.3 Å². The zero-order valence-electron chi connectivity index (χ0n) is 11.5. The molecule has 2 rings (SSSR count). The maximum Gasteiger partial charge on any atom is 0.358 e. The number of hydrogen-bond donors (Lipinski definition) is 1. The molecular weight excluding hydrogens is 258 g/mol. The normalized spacial score (nSPS) is 10.2. The molecule has 0 amide bonds. The molecule has 0 saturated heterocycles. The zero-order valence-corrected chi connectivity index (χ0v) is 11.5. The molecule has 20 heavy (non-hydrogen) atoms. The van der Waals surface area contributed by atoms with Gasteiger partial charge in [0.2, 0.25) is 0 Å². The van der Waals surface area contributed by atoms with E-state index in [1.165, 1.54) is 11.8 Å². The number of nitrogens with zero attached hydrogens (tertiary/aromatic N) is 2. The number of rotatable bonds is 4. The molecule has 0 atom stereocenters. The second-order valence-electron chi connectivity index (χ2n) is 4.17. The molecule has 6 heteroatoms. The van der Waals surface area contributed by atoms with Crippen LogP contribution in [0.4, 0.5) is 0 Å². The SMILES string of the molecule is COC(=O)C(=N)c1c(Oc2ccccc2)c(C)nn1C. The minimum Gasteiger partial charge on any atom is -0.464 e. The highest BCUT2D eigenvalue weighted by atomic mass is 16.5. The standard InChI is InChI=1S/C14H15N3O3/c1-9-13(20-10-7-5-4-6-8-10)12(17(2)16-9)11(15)14(18)19-3/h4-8,15H,1-3H3. The van der Waals surface area contributed by atoms with E-state index < -0.39 is 5.97 Å². The van der Waals surface area contributed by atoms with E-state index in [1.54, 1.807) is 26.1 Å². The second kappa shape index (κ2) is 5.56. The molecule has 2 aromatic rings. The van der Waals surface area contributed by atoms with Crippen molar-refractivity contribution >= 4 is 11.7 Å². The lowest BCUT2D eigenvalue weighted by Crippen LogP contribution is -2.19. The van der Waals surface area contributed by atoms with Crippen LogP contribution in [0.25, 0.3) is 0 Å². The van der Waals surface area contributed by atoms with Crippen molar-refractivity contribution in [1.29, 1.82) is 5.41 Å². The van der Waals surface area contributed by atoms with Crippen molar-refractivity contribution in [3.63, 3.8) is 0 Å². The van der Waals surface area contributed by atoms with Gasteiger partial charge in [-0.15, -0.1) is 0 Å². The Morgan fingerprint density at radius 2 is 1.95 bits per heavy atom. The number of para-hydroxylation sites is 1. The summed E-state index contributed by atoms with van der Waals surface area (Å²) < 4.78 is 11.8. The highest BCUT2D eigenvalue weighted by molar-refractivity contribution is 6.42. The highest BCUT2D eigenvalue weighted by Crippen LogP contribution is 2.28. The maximum absolute atomic E-state index is 11.5. The van der Waals surface area contributed by atoms with E-state index in [2.05, 4.69) is 9.84 Å². The molecule has 1 aromatic heterocycles. The van der Waals surface area contributed by atoms with Gasteiger partial charge in [0.05, 0.1) is 7.11 Å². The Morgan fingerprint density at radius 3 is 2.55 bits per heavy atom. The minimum atomic E-state index is -0.731. The number of nitrogens with one attached hydrogen (secondary N) is 1. The van der Waals surface area contributed by atoms with Crippen LogP contribution in [0.3, 0.4) is 0 Å². The number of carbonyl (C=O) groups excluding carboxylic acids is 1. The molecule has 0 fully saturated rings. The summed E-state index contributed by atoms with van der Waals surface area (Å²) in [7, 11) is 2.88. The number of hydrogen-bond acceptors (Lipinski definition) is 5. The Balaban J connectivity index is 2.43. The van der Waals surface area contributed by atoms with Gasteiger partial charge in [-0.25, -0.2) is 4.79 Å². The van der Waals surface area contributed by atoms with Gasteiger partial charge in [-0.3, -0.25) is 10.1 Å². The van der Waals surface area contributed by atoms with E-state index in [-0.39, 0.29) is 5.71 Å². The first-order valence-corrected chi connectivity index (χ1v) is 5.98. The Hall–Kier alpha value is -2.63. The molecule has 1 heterocycles. The lowest BCUT2D eigenvalue weighted by molar-refractivity contribution is -0.132. The molecule has 0 bridgehead atoms. The van der Waals surface area contributed by atoms with Crippen LogP contribution >= 0.6 is 0 Å². The summed E-state index contributed by atoms with van der Waals surface area (Å²) in [5.41, 5.74) is 0.597. The van der Waals surface area contributed by atoms with Crippen molar-refractivity contribution in [1.82, 2.24) is 9.78 Å². The van der Waals surface area contributed by atoms with Crippen molar-refractivity contribution in [2.24, 2.45) is 7.05 Å². The molecule has 1 aromatic carbocycles. The van der Waals surface area contributed by atoms with E-state index in [4.69, 9.17) is 10.1 Å². The van der Waals surface area contributed by atoms with Crippen LogP contribution in [-0.2, 0) is 16.6 Å². The van der Waals surface area contributed by atoms with Gasteiger partial charge in [0.15, 0.2) is 11.5 Å². The van der Waals surface area contributed by atoms with Crippen LogP contribution in [0.2, 0.25) is 0 Å². The van der Waals surface area contributed by atoms with Gasteiger partial charge in [-0.05, 0) is 19.1 Å². The monoisotopic (exact) mass is 273 g/mol. The highest BCUT2D eigenvalue weighted by Gasteiger charge is 2.24. The van der Waals surface area contributed by atoms with Gasteiger partial charge >= 0.3 is 5.97 Å². The number of methoxy groups -OCH3 is 1. The molecule has 0 saturated carbocycles. The van der Waals surface area contributed by atoms with Crippen molar-refractivity contribution in [3.8, 4) is 11.5 Å². The van der Waals surface area contributed by atoms with Crippen LogP contribution in [0, 0.1) is 12.3 Å². The van der Waals surface area contributed by atoms with Gasteiger partial charge in [0.1, 0.15) is 17.1 Å². The third-order valence-corrected chi connectivity index (χ3v) is 2.76. The van der Waals surface area contributed by atoms with Crippen LogP contribution in [-0.4, -0.2) is 28.6 Å². The summed E-state index contributed by atoms with van der Waals surface area (Å²) in [5.74, 6) is 0.266. The molecule has 0 unspecified atom stereocenters. The minimum absolute atomic E-state index is 0.290. The molecule has 0 spiro atoms. The average molecular weight is 273 g/mol. The van der Waals surface area contributed by atoms with Gasteiger partial charge in [-0.1, -0.05) is 18.2 Å². The number of carbonyl (C=O) groups is 1. The van der Waals surface area contributed by atoms with E-state index in [0.29, 0.717) is 22.9 Å². The van der Waals surface area contributed by atoms with E-state index in [0.717, 1.165) is 0 Å². The molecule has 0 aliphatic heterocycles. The lowest BCUT2D eigenvalue weighted by Gasteiger charge is -2.08. The zero-order chi connectivity index (χ0) is 14.7. The summed E-state index contributed by atoms with van der Waals surface area (Å²) in [6, 6.07) is 9.13. The third kappa shape index (κ3) is 2.54. The first kappa shape index (κ1) is 13.8. The number of aryl methyl sites for hydroxylation is 2. The topological polar surface area (TPSA) is 77.2 Å². The number of aromatic nitrogens is 2. The lowest BCUT2D eigenvalue weighted by atomic mass is 10.2. The van der Waals surface area contributed by atoms with E-state index in [9.17, 15) is 4.79 Å². The average Bonchev–Trinajstić information content (AvgIpc) is 2.73. The first-order valence-electron chi connectivity index (χ1n) is 5.98. The van der Waals surface area contributed by atoms with Gasteiger partial charge in [0, 0.05) is 7.05 Å². The number of ether oxygens (including phenoxy) is 2. The Labute approximate surface area is 116 Å². The quantitative estimate of drug-likeness (QED) is 0.683. The van der Waals surface area contributed by atoms with E-state index >= 15 is 0 Å².